The molecular weight excluding hydrogens is 168 g/mol. The van der Waals surface area contributed by atoms with Gasteiger partial charge in [-0.3, -0.25) is 4.79 Å². The van der Waals surface area contributed by atoms with Crippen molar-refractivity contribution < 1.29 is 9.21 Å². The third-order valence-electron chi connectivity index (χ3n) is 2.01. The van der Waals surface area contributed by atoms with Crippen LogP contribution in [0.25, 0.3) is 0 Å². The van der Waals surface area contributed by atoms with E-state index in [0.717, 1.165) is 0 Å². The zero-order chi connectivity index (χ0) is 9.84. The normalized spacial score (nSPS) is 12.9. The van der Waals surface area contributed by atoms with E-state index in [1.807, 2.05) is 20.8 Å². The fourth-order valence-electron chi connectivity index (χ4n) is 0.772. The van der Waals surface area contributed by atoms with Crippen molar-refractivity contribution in [3.8, 4) is 0 Å². The smallest absolute Gasteiger partial charge is 0.288 e. The van der Waals surface area contributed by atoms with E-state index in [0.29, 0.717) is 5.92 Å². The molecule has 1 N–H and O–H groups in total. The number of carbonyl (C=O) groups excluding carboxylic acids is 1. The van der Waals surface area contributed by atoms with E-state index >= 15 is 0 Å². The highest BCUT2D eigenvalue weighted by molar-refractivity contribution is 5.91. The monoisotopic (exact) mass is 182 g/mol. The summed E-state index contributed by atoms with van der Waals surface area (Å²) in [6, 6.07) is 0.137. The van der Waals surface area contributed by atoms with Crippen molar-refractivity contribution in [1.82, 2.24) is 10.3 Å². The van der Waals surface area contributed by atoms with Gasteiger partial charge >= 0.3 is 0 Å². The van der Waals surface area contributed by atoms with Gasteiger partial charge in [0.25, 0.3) is 5.91 Å². The second-order valence-corrected chi connectivity index (χ2v) is 3.37. The molecule has 1 aromatic heterocycles. The summed E-state index contributed by atoms with van der Waals surface area (Å²) in [5.41, 5.74) is 0. The molecule has 1 unspecified atom stereocenters. The lowest BCUT2D eigenvalue weighted by Gasteiger charge is -2.15. The molecule has 1 amide bonds. The summed E-state index contributed by atoms with van der Waals surface area (Å²) < 4.78 is 4.85. The van der Waals surface area contributed by atoms with Crippen LogP contribution >= 0.6 is 0 Å². The van der Waals surface area contributed by atoms with E-state index < -0.39 is 0 Å². The Morgan fingerprint density at radius 3 is 2.69 bits per heavy atom. The number of amides is 1. The molecule has 1 rings (SSSR count). The third kappa shape index (κ3) is 2.57. The molecule has 4 nitrogen and oxygen atoms in total. The van der Waals surface area contributed by atoms with Crippen LogP contribution in [-0.2, 0) is 0 Å². The van der Waals surface area contributed by atoms with Gasteiger partial charge in [-0.05, 0) is 12.8 Å². The average Bonchev–Trinajstić information content (AvgIpc) is 2.55. The van der Waals surface area contributed by atoms with E-state index in [-0.39, 0.29) is 17.7 Å². The minimum Gasteiger partial charge on any atom is -0.438 e. The molecule has 0 radical (unpaired) electrons. The van der Waals surface area contributed by atoms with Crippen molar-refractivity contribution in [2.75, 3.05) is 0 Å². The Morgan fingerprint density at radius 2 is 2.23 bits per heavy atom. The maximum Gasteiger partial charge on any atom is 0.288 e. The van der Waals surface area contributed by atoms with Gasteiger partial charge in [0.1, 0.15) is 0 Å². The summed E-state index contributed by atoms with van der Waals surface area (Å²) in [4.78, 5) is 15.0. The average molecular weight is 182 g/mol. The van der Waals surface area contributed by atoms with Crippen molar-refractivity contribution in [3.63, 3.8) is 0 Å². The Kier molecular flexibility index (Phi) is 3.06. The number of nitrogens with one attached hydrogen (secondary N) is 1. The molecule has 0 aromatic carbocycles. The van der Waals surface area contributed by atoms with Gasteiger partial charge in [-0.15, -0.1) is 0 Å². The lowest BCUT2D eigenvalue weighted by molar-refractivity contribution is 0.0902. The molecule has 72 valence electrons. The molecule has 4 heteroatoms. The lowest BCUT2D eigenvalue weighted by atomic mass is 10.1. The summed E-state index contributed by atoms with van der Waals surface area (Å²) in [5.74, 6) is 0.457. The predicted molar refractivity (Wildman–Crippen MR) is 48.3 cm³/mol. The van der Waals surface area contributed by atoms with Gasteiger partial charge in [-0.2, -0.15) is 0 Å². The first-order valence-corrected chi connectivity index (χ1v) is 4.30. The fraction of sp³-hybridized carbons (Fsp3) is 0.556. The van der Waals surface area contributed by atoms with Gasteiger partial charge in [-0.1, -0.05) is 13.8 Å². The molecule has 1 heterocycles. The summed E-state index contributed by atoms with van der Waals surface area (Å²) in [6.07, 6.45) is 2.65. The Balaban J connectivity index is 2.52. The highest BCUT2D eigenvalue weighted by atomic mass is 16.3. The van der Waals surface area contributed by atoms with Gasteiger partial charge in [0, 0.05) is 6.04 Å². The highest BCUT2D eigenvalue weighted by Gasteiger charge is 2.14. The van der Waals surface area contributed by atoms with Crippen molar-refractivity contribution >= 4 is 5.91 Å². The topological polar surface area (TPSA) is 55.1 Å². The van der Waals surface area contributed by atoms with E-state index in [9.17, 15) is 4.79 Å². The number of hydrogen-bond donors (Lipinski definition) is 1. The van der Waals surface area contributed by atoms with E-state index in [2.05, 4.69) is 10.3 Å². The van der Waals surface area contributed by atoms with Crippen LogP contribution in [0.2, 0.25) is 0 Å². The van der Waals surface area contributed by atoms with Gasteiger partial charge in [0.15, 0.2) is 6.39 Å². The maximum atomic E-state index is 11.4. The molecule has 0 spiro atoms. The Hall–Kier alpha value is -1.32. The second kappa shape index (κ2) is 4.07. The molecular formula is C9H14N2O2. The highest BCUT2D eigenvalue weighted by Crippen LogP contribution is 2.02. The summed E-state index contributed by atoms with van der Waals surface area (Å²) in [7, 11) is 0. The Morgan fingerprint density at radius 1 is 1.54 bits per heavy atom. The van der Waals surface area contributed by atoms with E-state index in [4.69, 9.17) is 4.42 Å². The predicted octanol–water partition coefficient (Wildman–Crippen LogP) is 1.45. The van der Waals surface area contributed by atoms with Crippen LogP contribution in [0.4, 0.5) is 0 Å². The van der Waals surface area contributed by atoms with Crippen LogP contribution < -0.4 is 5.32 Å². The quantitative estimate of drug-likeness (QED) is 0.769. The molecule has 0 aliphatic heterocycles. The SMILES string of the molecule is CC(C)C(C)NC(=O)c1cnco1. The number of aromatic nitrogens is 1. The van der Waals surface area contributed by atoms with Crippen LogP contribution in [0.5, 0.6) is 0 Å². The van der Waals surface area contributed by atoms with E-state index in [1.165, 1.54) is 12.6 Å². The minimum atomic E-state index is -0.210. The standard InChI is InChI=1S/C9H14N2O2/c1-6(2)7(3)11-9(12)8-4-10-5-13-8/h4-7H,1-3H3,(H,11,12). The lowest BCUT2D eigenvalue weighted by Crippen LogP contribution is -2.35. The molecule has 0 aliphatic carbocycles. The van der Waals surface area contributed by atoms with Crippen LogP contribution in [-0.4, -0.2) is 16.9 Å². The van der Waals surface area contributed by atoms with Crippen molar-refractivity contribution in [2.45, 2.75) is 26.8 Å². The number of rotatable bonds is 3. The third-order valence-corrected chi connectivity index (χ3v) is 2.01. The minimum absolute atomic E-state index is 0.137. The number of nitrogens with zero attached hydrogens (tertiary/aromatic N) is 1. The number of carbonyl (C=O) groups is 1. The molecule has 0 bridgehead atoms. The first kappa shape index (κ1) is 9.77. The van der Waals surface area contributed by atoms with Crippen molar-refractivity contribution in [3.05, 3.63) is 18.4 Å². The maximum absolute atomic E-state index is 11.4. The molecule has 13 heavy (non-hydrogen) atoms. The zero-order valence-electron chi connectivity index (χ0n) is 8.07. The van der Waals surface area contributed by atoms with Crippen molar-refractivity contribution in [1.29, 1.82) is 0 Å². The Bertz CT molecular complexity index is 267. The fourth-order valence-corrected chi connectivity index (χ4v) is 0.772. The largest absolute Gasteiger partial charge is 0.438 e. The number of oxazole rings is 1. The molecule has 0 fully saturated rings. The molecule has 0 aliphatic rings. The van der Waals surface area contributed by atoms with Gasteiger partial charge in [0.2, 0.25) is 5.76 Å². The van der Waals surface area contributed by atoms with Gasteiger partial charge in [0.05, 0.1) is 6.20 Å². The summed E-state index contributed by atoms with van der Waals surface area (Å²) >= 11 is 0. The first-order chi connectivity index (χ1) is 6.11. The van der Waals surface area contributed by atoms with Crippen LogP contribution in [0.15, 0.2) is 17.0 Å². The summed E-state index contributed by atoms with van der Waals surface area (Å²) in [5, 5.41) is 2.81. The van der Waals surface area contributed by atoms with Crippen LogP contribution in [0, 0.1) is 5.92 Å². The van der Waals surface area contributed by atoms with Gasteiger partial charge < -0.3 is 9.73 Å². The second-order valence-electron chi connectivity index (χ2n) is 3.37. The van der Waals surface area contributed by atoms with Crippen molar-refractivity contribution in [2.24, 2.45) is 5.92 Å². The molecule has 0 saturated carbocycles. The van der Waals surface area contributed by atoms with Crippen LogP contribution in [0.1, 0.15) is 31.3 Å². The molecule has 1 atom stereocenters. The number of hydrogen-bond acceptors (Lipinski definition) is 3. The molecule has 0 saturated heterocycles. The van der Waals surface area contributed by atoms with E-state index in [1.54, 1.807) is 0 Å². The zero-order valence-corrected chi connectivity index (χ0v) is 8.07. The van der Waals surface area contributed by atoms with Gasteiger partial charge in [-0.25, -0.2) is 4.98 Å². The van der Waals surface area contributed by atoms with Crippen LogP contribution in [0.3, 0.4) is 0 Å². The molecule has 1 aromatic rings. The summed E-state index contributed by atoms with van der Waals surface area (Å²) in [6.45, 7) is 6.05. The first-order valence-electron chi connectivity index (χ1n) is 4.30. The Labute approximate surface area is 77.3 Å².